The average Bonchev–Trinajstić information content (AvgIpc) is 2.90. The van der Waals surface area contributed by atoms with Crippen LogP contribution in [0.4, 0.5) is 5.82 Å². The third-order valence-corrected chi connectivity index (χ3v) is 7.00. The first-order valence-electron chi connectivity index (χ1n) is 8.58. The van der Waals surface area contributed by atoms with Crippen molar-refractivity contribution in [3.8, 4) is 5.75 Å². The molecule has 148 valence electrons. The third kappa shape index (κ3) is 3.85. The van der Waals surface area contributed by atoms with Gasteiger partial charge >= 0.3 is 0 Å². The van der Waals surface area contributed by atoms with Gasteiger partial charge in [-0.3, -0.25) is 9.48 Å². The summed E-state index contributed by atoms with van der Waals surface area (Å²) in [7, 11) is -2.35. The molecule has 7 nitrogen and oxygen atoms in total. The summed E-state index contributed by atoms with van der Waals surface area (Å²) in [5, 5.41) is 16.9. The summed E-state index contributed by atoms with van der Waals surface area (Å²) >= 11 is 0. The van der Waals surface area contributed by atoms with Crippen LogP contribution in [0, 0.1) is 6.92 Å². The fraction of sp³-hybridized carbons (Fsp3) is 0.474. The fourth-order valence-electron chi connectivity index (χ4n) is 2.39. The Bertz CT molecular complexity index is 983. The molecule has 0 saturated carbocycles. The van der Waals surface area contributed by atoms with Crippen molar-refractivity contribution in [1.82, 2.24) is 9.78 Å². The maximum absolute atomic E-state index is 13.0. The highest BCUT2D eigenvalue weighted by molar-refractivity contribution is 7.93. The zero-order valence-corrected chi connectivity index (χ0v) is 17.6. The molecule has 0 unspecified atom stereocenters. The lowest BCUT2D eigenvalue weighted by atomic mass is 9.92. The lowest BCUT2D eigenvalue weighted by Gasteiger charge is -2.24. The van der Waals surface area contributed by atoms with Crippen molar-refractivity contribution < 1.29 is 18.3 Å². The SMILES string of the molecule is Cc1ccc(S(=O)(=O)C(C)(C)C(=O)Nc2cc(C(C)(C)C)nn2C)cc1O. The summed E-state index contributed by atoms with van der Waals surface area (Å²) < 4.78 is 25.8. The summed E-state index contributed by atoms with van der Waals surface area (Å²) in [6, 6.07) is 5.80. The molecule has 2 aromatic rings. The van der Waals surface area contributed by atoms with Crippen LogP contribution >= 0.6 is 0 Å². The van der Waals surface area contributed by atoms with Gasteiger partial charge in [-0.1, -0.05) is 26.8 Å². The number of nitrogens with zero attached hydrogens (tertiary/aromatic N) is 2. The summed E-state index contributed by atoms with van der Waals surface area (Å²) in [6.07, 6.45) is 0. The zero-order valence-electron chi connectivity index (χ0n) is 16.8. The van der Waals surface area contributed by atoms with Crippen LogP contribution in [0.2, 0.25) is 0 Å². The molecule has 2 N–H and O–H groups in total. The van der Waals surface area contributed by atoms with Crippen LogP contribution in [0.25, 0.3) is 0 Å². The molecular formula is C19H27N3O4S. The van der Waals surface area contributed by atoms with Gasteiger partial charge in [0.1, 0.15) is 16.3 Å². The Kier molecular flexibility index (Phi) is 5.18. The Morgan fingerprint density at radius 1 is 1.15 bits per heavy atom. The van der Waals surface area contributed by atoms with E-state index in [1.54, 1.807) is 20.0 Å². The van der Waals surface area contributed by atoms with Crippen molar-refractivity contribution in [2.45, 2.75) is 56.6 Å². The predicted octanol–water partition coefficient (Wildman–Crippen LogP) is 2.92. The minimum absolute atomic E-state index is 0.105. The van der Waals surface area contributed by atoms with Crippen LogP contribution in [-0.4, -0.2) is 34.0 Å². The quantitative estimate of drug-likeness (QED) is 0.832. The van der Waals surface area contributed by atoms with Crippen LogP contribution in [0.15, 0.2) is 29.2 Å². The highest BCUT2D eigenvalue weighted by Crippen LogP contribution is 2.31. The van der Waals surface area contributed by atoms with E-state index in [2.05, 4.69) is 10.4 Å². The molecule has 1 aromatic heterocycles. The zero-order chi connectivity index (χ0) is 20.8. The predicted molar refractivity (Wildman–Crippen MR) is 105 cm³/mol. The number of nitrogens with one attached hydrogen (secondary N) is 1. The number of sulfone groups is 1. The van der Waals surface area contributed by atoms with E-state index >= 15 is 0 Å². The molecule has 27 heavy (non-hydrogen) atoms. The van der Waals surface area contributed by atoms with E-state index in [4.69, 9.17) is 0 Å². The van der Waals surface area contributed by atoms with Crippen LogP contribution < -0.4 is 5.32 Å². The Hall–Kier alpha value is -2.35. The maximum atomic E-state index is 13.0. The van der Waals surface area contributed by atoms with E-state index in [1.807, 2.05) is 20.8 Å². The molecule has 0 aliphatic heterocycles. The third-order valence-electron chi connectivity index (χ3n) is 4.60. The first-order valence-corrected chi connectivity index (χ1v) is 10.1. The van der Waals surface area contributed by atoms with E-state index in [-0.39, 0.29) is 16.1 Å². The van der Waals surface area contributed by atoms with Gasteiger partial charge in [-0.05, 0) is 38.5 Å². The van der Waals surface area contributed by atoms with Gasteiger partial charge in [-0.25, -0.2) is 8.42 Å². The Balaban J connectivity index is 2.37. The molecule has 0 spiro atoms. The molecule has 0 atom stereocenters. The number of benzene rings is 1. The second kappa shape index (κ2) is 6.67. The summed E-state index contributed by atoms with van der Waals surface area (Å²) in [5.41, 5.74) is 1.13. The van der Waals surface area contributed by atoms with E-state index < -0.39 is 20.5 Å². The smallest absolute Gasteiger partial charge is 0.246 e. The van der Waals surface area contributed by atoms with E-state index in [0.717, 1.165) is 5.69 Å². The van der Waals surface area contributed by atoms with Crippen molar-refractivity contribution >= 4 is 21.6 Å². The Labute approximate surface area is 160 Å². The highest BCUT2D eigenvalue weighted by Gasteiger charge is 2.43. The number of phenols is 1. The van der Waals surface area contributed by atoms with Gasteiger partial charge in [0, 0.05) is 18.5 Å². The Morgan fingerprint density at radius 3 is 2.22 bits per heavy atom. The molecular weight excluding hydrogens is 366 g/mol. The topological polar surface area (TPSA) is 101 Å². The van der Waals surface area contributed by atoms with Gasteiger partial charge < -0.3 is 10.4 Å². The van der Waals surface area contributed by atoms with Gasteiger partial charge in [0.15, 0.2) is 9.84 Å². The first kappa shape index (κ1) is 21.0. The van der Waals surface area contributed by atoms with Crippen molar-refractivity contribution in [2.75, 3.05) is 5.32 Å². The molecule has 0 radical (unpaired) electrons. The molecule has 0 aliphatic rings. The van der Waals surface area contributed by atoms with Crippen LogP contribution in [0.5, 0.6) is 5.75 Å². The molecule has 1 heterocycles. The van der Waals surface area contributed by atoms with Crippen molar-refractivity contribution in [3.05, 3.63) is 35.5 Å². The number of aryl methyl sites for hydroxylation is 2. The minimum Gasteiger partial charge on any atom is -0.508 e. The number of carbonyl (C=O) groups is 1. The van der Waals surface area contributed by atoms with Gasteiger partial charge in [0.25, 0.3) is 0 Å². The van der Waals surface area contributed by atoms with Crippen LogP contribution in [0.1, 0.15) is 45.9 Å². The number of amides is 1. The van der Waals surface area contributed by atoms with Crippen molar-refractivity contribution in [1.29, 1.82) is 0 Å². The maximum Gasteiger partial charge on any atom is 0.246 e. The number of hydrogen-bond donors (Lipinski definition) is 2. The number of aromatic hydroxyl groups is 1. The summed E-state index contributed by atoms with van der Waals surface area (Å²) in [5.74, 6) is -0.389. The van der Waals surface area contributed by atoms with Crippen molar-refractivity contribution in [2.24, 2.45) is 7.05 Å². The number of phenolic OH excluding ortho intramolecular Hbond substituents is 1. The van der Waals surface area contributed by atoms with E-state index in [9.17, 15) is 18.3 Å². The molecule has 0 bridgehead atoms. The van der Waals surface area contributed by atoms with Crippen LogP contribution in [0.3, 0.4) is 0 Å². The van der Waals surface area contributed by atoms with Gasteiger partial charge in [-0.2, -0.15) is 5.10 Å². The molecule has 0 aliphatic carbocycles. The second-order valence-corrected chi connectivity index (χ2v) is 10.7. The summed E-state index contributed by atoms with van der Waals surface area (Å²) in [6.45, 7) is 10.3. The highest BCUT2D eigenvalue weighted by atomic mass is 32.2. The first-order chi connectivity index (χ1) is 12.2. The fourth-order valence-corrected chi connectivity index (χ4v) is 3.79. The largest absolute Gasteiger partial charge is 0.508 e. The van der Waals surface area contributed by atoms with Crippen molar-refractivity contribution in [3.63, 3.8) is 0 Å². The van der Waals surface area contributed by atoms with Gasteiger partial charge in [0.05, 0.1) is 10.6 Å². The average molecular weight is 394 g/mol. The molecule has 0 saturated heterocycles. The number of anilines is 1. The Morgan fingerprint density at radius 2 is 1.74 bits per heavy atom. The number of hydrogen-bond acceptors (Lipinski definition) is 5. The summed E-state index contributed by atoms with van der Waals surface area (Å²) in [4.78, 5) is 12.7. The van der Waals surface area contributed by atoms with Crippen LogP contribution in [-0.2, 0) is 27.1 Å². The molecule has 1 amide bonds. The lowest BCUT2D eigenvalue weighted by molar-refractivity contribution is -0.117. The van der Waals surface area contributed by atoms with Gasteiger partial charge in [-0.15, -0.1) is 0 Å². The lowest BCUT2D eigenvalue weighted by Crippen LogP contribution is -2.44. The molecule has 1 aromatic carbocycles. The number of rotatable bonds is 4. The molecule has 8 heteroatoms. The monoisotopic (exact) mass is 393 g/mol. The minimum atomic E-state index is -4.03. The van der Waals surface area contributed by atoms with E-state index in [0.29, 0.717) is 11.4 Å². The van der Waals surface area contributed by atoms with Gasteiger partial charge in [0.2, 0.25) is 5.91 Å². The molecule has 0 fully saturated rings. The normalized spacial score (nSPS) is 12.9. The number of carbonyl (C=O) groups excluding carboxylic acids is 1. The molecule has 2 rings (SSSR count). The number of aromatic nitrogens is 2. The second-order valence-electron chi connectivity index (χ2n) is 8.20. The van der Waals surface area contributed by atoms with E-state index in [1.165, 1.54) is 36.7 Å². The standard InChI is InChI=1S/C19H27N3O4S/c1-12-8-9-13(10-14(12)23)27(25,26)19(5,6)17(24)20-16-11-15(18(2,3)4)21-22(16)7/h8-11,23H,1-7H3,(H,20,24).